The molecule has 0 aliphatic rings. The Morgan fingerprint density at radius 1 is 1.56 bits per heavy atom. The van der Waals surface area contributed by atoms with Crippen molar-refractivity contribution >= 4 is 11.8 Å². The number of aromatic nitrogens is 3. The molecule has 4 N–H and O–H groups in total. The Bertz CT molecular complexity index is 505. The third kappa shape index (κ3) is 2.27. The molecule has 0 unspecified atom stereocenters. The second kappa shape index (κ2) is 4.17. The van der Waals surface area contributed by atoms with Gasteiger partial charge in [0.05, 0.1) is 0 Å². The van der Waals surface area contributed by atoms with Crippen molar-refractivity contribution in [1.82, 2.24) is 15.2 Å². The number of rotatable bonds is 4. The van der Waals surface area contributed by atoms with Crippen LogP contribution in [0.25, 0.3) is 0 Å². The van der Waals surface area contributed by atoms with Crippen LogP contribution < -0.4 is 16.6 Å². The predicted molar refractivity (Wildman–Crippen MR) is 55.4 cm³/mol. The molecule has 0 bridgehead atoms. The number of hydrogen-bond donors (Lipinski definition) is 4. The Morgan fingerprint density at radius 3 is 2.62 bits per heavy atom. The van der Waals surface area contributed by atoms with E-state index in [-0.39, 0.29) is 12.2 Å². The highest BCUT2D eigenvalue weighted by Gasteiger charge is 2.32. The lowest BCUT2D eigenvalue weighted by atomic mass is 9.99. The van der Waals surface area contributed by atoms with Crippen molar-refractivity contribution in [2.24, 2.45) is 0 Å². The Labute approximate surface area is 89.7 Å². The van der Waals surface area contributed by atoms with Gasteiger partial charge in [0.25, 0.3) is 5.56 Å². The van der Waals surface area contributed by atoms with Gasteiger partial charge in [0.1, 0.15) is 5.54 Å². The van der Waals surface area contributed by atoms with Crippen molar-refractivity contribution in [1.29, 1.82) is 0 Å². The van der Waals surface area contributed by atoms with Crippen molar-refractivity contribution in [3.8, 4) is 0 Å². The first-order valence-electron chi connectivity index (χ1n) is 4.59. The van der Waals surface area contributed by atoms with E-state index in [4.69, 9.17) is 5.11 Å². The van der Waals surface area contributed by atoms with Gasteiger partial charge in [-0.05, 0) is 13.3 Å². The third-order valence-electron chi connectivity index (χ3n) is 2.28. The third-order valence-corrected chi connectivity index (χ3v) is 2.28. The summed E-state index contributed by atoms with van der Waals surface area (Å²) in [6.07, 6.45) is 0.253. The molecule has 1 aromatic rings. The van der Waals surface area contributed by atoms with E-state index in [0.29, 0.717) is 0 Å². The lowest BCUT2D eigenvalue weighted by Gasteiger charge is -2.24. The molecular weight excluding hydrogens is 216 g/mol. The van der Waals surface area contributed by atoms with Crippen LogP contribution in [0, 0.1) is 0 Å². The molecule has 0 saturated carbocycles. The average Bonchev–Trinajstić information content (AvgIpc) is 2.22. The number of nitrogens with zero attached hydrogens (tertiary/aromatic N) is 1. The zero-order valence-electron chi connectivity index (χ0n) is 8.83. The zero-order valence-corrected chi connectivity index (χ0v) is 8.83. The molecule has 1 rings (SSSR count). The first-order valence-corrected chi connectivity index (χ1v) is 4.59. The highest BCUT2D eigenvalue weighted by molar-refractivity contribution is 5.81. The molecule has 0 fully saturated rings. The SMILES string of the molecule is CC[C@@](C)(Nc1n[nH]c(=O)[nH]c1=O)C(=O)O. The monoisotopic (exact) mass is 228 g/mol. The van der Waals surface area contributed by atoms with Crippen LogP contribution in [0.3, 0.4) is 0 Å². The standard InChI is InChI=1S/C8H12N4O4/c1-3-8(2,6(14)15)10-4-5(13)9-7(16)12-11-4/h3H2,1-2H3,(H,10,11)(H,14,15)(H2,9,12,13,16)/t8-/m1/s1. The molecule has 16 heavy (non-hydrogen) atoms. The Morgan fingerprint density at radius 2 is 2.19 bits per heavy atom. The molecule has 8 nitrogen and oxygen atoms in total. The summed E-state index contributed by atoms with van der Waals surface area (Å²) in [4.78, 5) is 34.9. The first kappa shape index (κ1) is 12.0. The van der Waals surface area contributed by atoms with Crippen molar-refractivity contribution in [2.75, 3.05) is 5.32 Å². The van der Waals surface area contributed by atoms with Crippen molar-refractivity contribution in [3.63, 3.8) is 0 Å². The Hall–Kier alpha value is -2.12. The number of aliphatic carboxylic acids is 1. The second-order valence-electron chi connectivity index (χ2n) is 3.47. The molecule has 0 aliphatic carbocycles. The molecule has 8 heteroatoms. The van der Waals surface area contributed by atoms with E-state index >= 15 is 0 Å². The molecule has 0 spiro atoms. The van der Waals surface area contributed by atoms with E-state index in [1.807, 2.05) is 10.1 Å². The maximum atomic E-state index is 11.3. The normalized spacial score (nSPS) is 14.1. The molecule has 0 aliphatic heterocycles. The fourth-order valence-corrected chi connectivity index (χ4v) is 0.987. The average molecular weight is 228 g/mol. The van der Waals surface area contributed by atoms with Gasteiger partial charge in [-0.2, -0.15) is 0 Å². The summed E-state index contributed by atoms with van der Waals surface area (Å²) >= 11 is 0. The largest absolute Gasteiger partial charge is 0.480 e. The molecule has 1 aromatic heterocycles. The smallest absolute Gasteiger partial charge is 0.342 e. The van der Waals surface area contributed by atoms with Crippen molar-refractivity contribution in [2.45, 2.75) is 25.8 Å². The van der Waals surface area contributed by atoms with E-state index < -0.39 is 22.8 Å². The first-order chi connectivity index (χ1) is 7.39. The van der Waals surface area contributed by atoms with Crippen LogP contribution >= 0.6 is 0 Å². The predicted octanol–water partition coefficient (Wildman–Crippen LogP) is -0.877. The van der Waals surface area contributed by atoms with Gasteiger partial charge in [0.15, 0.2) is 0 Å². The molecule has 88 valence electrons. The van der Waals surface area contributed by atoms with Gasteiger partial charge in [-0.1, -0.05) is 6.92 Å². The van der Waals surface area contributed by atoms with Gasteiger partial charge in [0.2, 0.25) is 5.82 Å². The van der Waals surface area contributed by atoms with Gasteiger partial charge in [-0.3, -0.25) is 9.78 Å². The number of hydrogen-bond acceptors (Lipinski definition) is 5. The fraction of sp³-hybridized carbons (Fsp3) is 0.500. The van der Waals surface area contributed by atoms with Crippen LogP contribution in [0.15, 0.2) is 9.59 Å². The van der Waals surface area contributed by atoms with Gasteiger partial charge in [0, 0.05) is 0 Å². The summed E-state index contributed by atoms with van der Waals surface area (Å²) in [5.41, 5.74) is -2.81. The number of aromatic amines is 2. The number of carboxylic acids is 1. The Balaban J connectivity index is 3.09. The maximum absolute atomic E-state index is 11.3. The topological polar surface area (TPSA) is 128 Å². The summed E-state index contributed by atoms with van der Waals surface area (Å²) < 4.78 is 0. The lowest BCUT2D eigenvalue weighted by molar-refractivity contribution is -0.141. The molecule has 0 radical (unpaired) electrons. The van der Waals surface area contributed by atoms with E-state index in [1.165, 1.54) is 6.92 Å². The van der Waals surface area contributed by atoms with E-state index in [2.05, 4.69) is 10.4 Å². The quantitative estimate of drug-likeness (QED) is 0.530. The number of carboxylic acid groups (broad SMARTS) is 1. The Kier molecular flexibility index (Phi) is 3.11. The summed E-state index contributed by atoms with van der Waals surface area (Å²) in [5, 5.41) is 16.9. The van der Waals surface area contributed by atoms with Gasteiger partial charge < -0.3 is 10.4 Å². The second-order valence-corrected chi connectivity index (χ2v) is 3.47. The summed E-state index contributed by atoms with van der Waals surface area (Å²) in [6, 6.07) is 0. The van der Waals surface area contributed by atoms with Crippen LogP contribution in [-0.2, 0) is 4.79 Å². The van der Waals surface area contributed by atoms with E-state index in [1.54, 1.807) is 6.92 Å². The van der Waals surface area contributed by atoms with Crippen LogP contribution in [-0.4, -0.2) is 31.8 Å². The molecule has 0 amide bonds. The highest BCUT2D eigenvalue weighted by atomic mass is 16.4. The van der Waals surface area contributed by atoms with Crippen LogP contribution in [0.5, 0.6) is 0 Å². The van der Waals surface area contributed by atoms with E-state index in [9.17, 15) is 14.4 Å². The van der Waals surface area contributed by atoms with Crippen molar-refractivity contribution in [3.05, 3.63) is 20.8 Å². The number of carbonyl (C=O) groups is 1. The fourth-order valence-electron chi connectivity index (χ4n) is 0.987. The molecular formula is C8H12N4O4. The van der Waals surface area contributed by atoms with Gasteiger partial charge in [-0.15, -0.1) is 5.10 Å². The molecule has 0 aromatic carbocycles. The summed E-state index contributed by atoms with van der Waals surface area (Å²) in [5.74, 6) is -1.34. The van der Waals surface area contributed by atoms with Gasteiger partial charge >= 0.3 is 11.7 Å². The minimum absolute atomic E-state index is 0.230. The number of nitrogens with one attached hydrogen (secondary N) is 3. The number of anilines is 1. The van der Waals surface area contributed by atoms with Crippen LogP contribution in [0.4, 0.5) is 5.82 Å². The molecule has 0 saturated heterocycles. The lowest BCUT2D eigenvalue weighted by Crippen LogP contribution is -2.45. The number of H-pyrrole nitrogens is 2. The summed E-state index contributed by atoms with van der Waals surface area (Å²) in [6.45, 7) is 3.07. The molecule has 1 heterocycles. The van der Waals surface area contributed by atoms with Gasteiger partial charge in [-0.25, -0.2) is 14.7 Å². The highest BCUT2D eigenvalue weighted by Crippen LogP contribution is 2.13. The maximum Gasteiger partial charge on any atom is 0.342 e. The van der Waals surface area contributed by atoms with Crippen molar-refractivity contribution < 1.29 is 9.90 Å². The summed E-state index contributed by atoms with van der Waals surface area (Å²) in [7, 11) is 0. The van der Waals surface area contributed by atoms with E-state index in [0.717, 1.165) is 0 Å². The van der Waals surface area contributed by atoms with Crippen LogP contribution in [0.1, 0.15) is 20.3 Å². The van der Waals surface area contributed by atoms with Crippen LogP contribution in [0.2, 0.25) is 0 Å². The molecule has 1 atom stereocenters. The zero-order chi connectivity index (χ0) is 12.3. The minimum atomic E-state index is -1.31. The minimum Gasteiger partial charge on any atom is -0.480 e.